The molecule has 0 radical (unpaired) electrons. The maximum absolute atomic E-state index is 12.9. The Morgan fingerprint density at radius 3 is 2.48 bits per heavy atom. The zero-order valence-electron chi connectivity index (χ0n) is 14.5. The first kappa shape index (κ1) is 19.2. The van der Waals surface area contributed by atoms with Crippen LogP contribution in [0.2, 0.25) is 0 Å². The predicted molar refractivity (Wildman–Crippen MR) is 104 cm³/mol. The van der Waals surface area contributed by atoms with Gasteiger partial charge in [0.05, 0.1) is 5.56 Å². The van der Waals surface area contributed by atoms with Gasteiger partial charge in [-0.3, -0.25) is 0 Å². The number of cyclic esters (lactones) is 1. The van der Waals surface area contributed by atoms with Crippen LogP contribution in [0.3, 0.4) is 0 Å². The van der Waals surface area contributed by atoms with E-state index < -0.39 is 17.7 Å². The third-order valence-electron chi connectivity index (χ3n) is 4.07. The van der Waals surface area contributed by atoms with E-state index >= 15 is 0 Å². The molecule has 0 aliphatic carbocycles. The van der Waals surface area contributed by atoms with Crippen molar-refractivity contribution in [2.45, 2.75) is 6.18 Å². The molecule has 1 aliphatic heterocycles. The highest BCUT2D eigenvalue weighted by Gasteiger charge is 2.30. The van der Waals surface area contributed by atoms with E-state index in [2.05, 4.69) is 20.9 Å². The minimum Gasteiger partial charge on any atom is -0.457 e. The molecule has 29 heavy (non-hydrogen) atoms. The molecule has 0 atom stereocenters. The van der Waals surface area contributed by atoms with Crippen LogP contribution in [0.4, 0.5) is 13.2 Å². The summed E-state index contributed by atoms with van der Waals surface area (Å²) in [5, 5.41) is 0. The first-order valence-electron chi connectivity index (χ1n) is 8.35. The van der Waals surface area contributed by atoms with Crippen LogP contribution in [-0.2, 0) is 15.7 Å². The van der Waals surface area contributed by atoms with Crippen LogP contribution in [-0.4, -0.2) is 11.9 Å². The van der Waals surface area contributed by atoms with E-state index in [-0.39, 0.29) is 28.7 Å². The number of halogens is 4. The topological polar surface area (TPSA) is 51.8 Å². The van der Waals surface area contributed by atoms with E-state index in [0.717, 1.165) is 16.6 Å². The summed E-state index contributed by atoms with van der Waals surface area (Å²) in [6.07, 6.45) is -3.07. The lowest BCUT2D eigenvalue weighted by atomic mass is 10.1. The van der Waals surface area contributed by atoms with Crippen molar-refractivity contribution in [2.75, 3.05) is 0 Å². The number of carbonyl (C=O) groups excluding carboxylic acids is 1. The van der Waals surface area contributed by atoms with Crippen molar-refractivity contribution < 1.29 is 27.1 Å². The maximum Gasteiger partial charge on any atom is 0.416 e. The minimum absolute atomic E-state index is 0.0323. The number of furan rings is 1. The second-order valence-corrected chi connectivity index (χ2v) is 7.04. The average molecular weight is 462 g/mol. The van der Waals surface area contributed by atoms with E-state index in [9.17, 15) is 18.0 Å². The van der Waals surface area contributed by atoms with E-state index in [1.54, 1.807) is 24.3 Å². The Morgan fingerprint density at radius 2 is 1.72 bits per heavy atom. The summed E-state index contributed by atoms with van der Waals surface area (Å²) in [4.78, 5) is 16.3. The van der Waals surface area contributed by atoms with Gasteiger partial charge < -0.3 is 9.15 Å². The molecule has 0 bridgehead atoms. The highest BCUT2D eigenvalue weighted by atomic mass is 79.9. The lowest BCUT2D eigenvalue weighted by Gasteiger charge is -2.07. The Balaban J connectivity index is 1.62. The van der Waals surface area contributed by atoms with Crippen molar-refractivity contribution >= 4 is 33.9 Å². The molecule has 0 amide bonds. The fourth-order valence-corrected chi connectivity index (χ4v) is 3.12. The lowest BCUT2D eigenvalue weighted by Crippen LogP contribution is -2.05. The molecule has 0 saturated heterocycles. The van der Waals surface area contributed by atoms with Gasteiger partial charge in [0.15, 0.2) is 5.70 Å². The van der Waals surface area contributed by atoms with Gasteiger partial charge in [-0.05, 0) is 42.5 Å². The number of ether oxygens (including phenoxy) is 1. The smallest absolute Gasteiger partial charge is 0.416 e. The molecular formula is C21H11BrF3NO3. The standard InChI is InChI=1S/C21H11BrF3NO3/c22-15-6-2-4-13(10-15)19-26-17(20(27)29-19)11-16-7-8-18(28-16)12-3-1-5-14(9-12)21(23,24)25/h1-11H/b17-11-. The number of aliphatic imine (C=N–C) groups is 1. The van der Waals surface area contributed by atoms with E-state index in [1.165, 1.54) is 24.3 Å². The summed E-state index contributed by atoms with van der Waals surface area (Å²) in [6.45, 7) is 0. The lowest BCUT2D eigenvalue weighted by molar-refractivity contribution is -0.137. The normalized spacial score (nSPS) is 15.5. The van der Waals surface area contributed by atoms with Gasteiger partial charge in [-0.1, -0.05) is 34.1 Å². The van der Waals surface area contributed by atoms with Gasteiger partial charge >= 0.3 is 12.1 Å². The fraction of sp³-hybridized carbons (Fsp3) is 0.0476. The second kappa shape index (κ2) is 7.36. The van der Waals surface area contributed by atoms with Crippen molar-refractivity contribution in [3.63, 3.8) is 0 Å². The predicted octanol–water partition coefficient (Wildman–Crippen LogP) is 6.07. The number of esters is 1. The summed E-state index contributed by atoms with van der Waals surface area (Å²) in [5.74, 6) is 0.0262. The summed E-state index contributed by atoms with van der Waals surface area (Å²) in [6, 6.07) is 15.0. The van der Waals surface area contributed by atoms with Gasteiger partial charge in [0, 0.05) is 21.7 Å². The molecule has 0 N–H and O–H groups in total. The molecule has 3 aromatic rings. The van der Waals surface area contributed by atoms with E-state index in [4.69, 9.17) is 9.15 Å². The Kier molecular flexibility index (Phi) is 4.87. The van der Waals surface area contributed by atoms with Crippen LogP contribution in [0.15, 0.2) is 80.2 Å². The van der Waals surface area contributed by atoms with Gasteiger partial charge in [0.1, 0.15) is 11.5 Å². The Hall–Kier alpha value is -3.13. The SMILES string of the molecule is O=C1OC(c2cccc(Br)c2)=N/C1=C\c1ccc(-c2cccc(C(F)(F)F)c2)o1. The van der Waals surface area contributed by atoms with Gasteiger partial charge in [-0.15, -0.1) is 0 Å². The van der Waals surface area contributed by atoms with E-state index in [0.29, 0.717) is 5.56 Å². The maximum atomic E-state index is 12.9. The zero-order chi connectivity index (χ0) is 20.6. The van der Waals surface area contributed by atoms with Crippen LogP contribution in [0.25, 0.3) is 17.4 Å². The molecule has 2 heterocycles. The molecule has 1 aliphatic rings. The van der Waals surface area contributed by atoms with Crippen LogP contribution in [0.1, 0.15) is 16.9 Å². The summed E-state index contributed by atoms with van der Waals surface area (Å²) < 4.78 is 50.3. The van der Waals surface area contributed by atoms with Gasteiger partial charge in [-0.2, -0.15) is 13.2 Å². The average Bonchev–Trinajstić information content (AvgIpc) is 3.29. The van der Waals surface area contributed by atoms with Crippen LogP contribution in [0.5, 0.6) is 0 Å². The largest absolute Gasteiger partial charge is 0.457 e. The molecule has 0 spiro atoms. The molecular weight excluding hydrogens is 451 g/mol. The molecule has 0 fully saturated rings. The molecule has 0 saturated carbocycles. The van der Waals surface area contributed by atoms with Crippen molar-refractivity contribution in [1.29, 1.82) is 0 Å². The van der Waals surface area contributed by atoms with Crippen LogP contribution >= 0.6 is 15.9 Å². The molecule has 4 nitrogen and oxygen atoms in total. The van der Waals surface area contributed by atoms with Crippen molar-refractivity contribution in [2.24, 2.45) is 4.99 Å². The molecule has 1 aromatic heterocycles. The number of rotatable bonds is 3. The molecule has 4 rings (SSSR count). The van der Waals surface area contributed by atoms with Crippen molar-refractivity contribution in [3.8, 4) is 11.3 Å². The fourth-order valence-electron chi connectivity index (χ4n) is 2.72. The quantitative estimate of drug-likeness (QED) is 0.351. The Labute approximate surface area is 171 Å². The highest BCUT2D eigenvalue weighted by molar-refractivity contribution is 9.10. The number of nitrogens with zero attached hydrogens (tertiary/aromatic N) is 1. The number of hydrogen-bond acceptors (Lipinski definition) is 4. The summed E-state index contributed by atoms with van der Waals surface area (Å²) in [7, 11) is 0. The van der Waals surface area contributed by atoms with Crippen LogP contribution < -0.4 is 0 Å². The second-order valence-electron chi connectivity index (χ2n) is 6.13. The van der Waals surface area contributed by atoms with Gasteiger partial charge in [0.25, 0.3) is 0 Å². The number of alkyl halides is 3. The monoisotopic (exact) mass is 461 g/mol. The minimum atomic E-state index is -4.45. The van der Waals surface area contributed by atoms with E-state index in [1.807, 2.05) is 6.07 Å². The Bertz CT molecular complexity index is 1160. The van der Waals surface area contributed by atoms with Crippen molar-refractivity contribution in [3.05, 3.63) is 87.7 Å². The zero-order valence-corrected chi connectivity index (χ0v) is 16.1. The molecule has 146 valence electrons. The first-order chi connectivity index (χ1) is 13.8. The molecule has 8 heteroatoms. The first-order valence-corrected chi connectivity index (χ1v) is 9.15. The Morgan fingerprint density at radius 1 is 0.966 bits per heavy atom. The molecule has 0 unspecified atom stereocenters. The van der Waals surface area contributed by atoms with Gasteiger partial charge in [-0.25, -0.2) is 9.79 Å². The number of carbonyl (C=O) groups is 1. The third kappa shape index (κ3) is 4.17. The highest BCUT2D eigenvalue weighted by Crippen LogP contribution is 2.33. The number of hydrogen-bond donors (Lipinski definition) is 0. The van der Waals surface area contributed by atoms with Crippen LogP contribution in [0, 0.1) is 0 Å². The summed E-state index contributed by atoms with van der Waals surface area (Å²) >= 11 is 3.34. The number of benzene rings is 2. The molecule has 2 aromatic carbocycles. The van der Waals surface area contributed by atoms with Crippen molar-refractivity contribution in [1.82, 2.24) is 0 Å². The third-order valence-corrected chi connectivity index (χ3v) is 4.57. The summed E-state index contributed by atoms with van der Waals surface area (Å²) in [5.41, 5.74) is 0.163. The van der Waals surface area contributed by atoms with Gasteiger partial charge in [0.2, 0.25) is 5.90 Å².